The second-order valence-electron chi connectivity index (χ2n) is 6.53. The quantitative estimate of drug-likeness (QED) is 0.855. The molecule has 2 aliphatic rings. The molecule has 2 nitrogen and oxygen atoms in total. The Kier molecular flexibility index (Phi) is 2.95. The highest BCUT2D eigenvalue weighted by atomic mass is 16.3. The molecule has 2 atom stereocenters. The second-order valence-corrected chi connectivity index (χ2v) is 6.53. The summed E-state index contributed by atoms with van der Waals surface area (Å²) in [5.41, 5.74) is 2.90. The lowest BCUT2D eigenvalue weighted by Crippen LogP contribution is -2.59. The molecule has 2 unspecified atom stereocenters. The van der Waals surface area contributed by atoms with Crippen LogP contribution in [0.25, 0.3) is 0 Å². The molecule has 1 aromatic carbocycles. The van der Waals surface area contributed by atoms with Gasteiger partial charge >= 0.3 is 0 Å². The van der Waals surface area contributed by atoms with Crippen molar-refractivity contribution in [3.8, 4) is 0 Å². The molecule has 2 aliphatic carbocycles. The van der Waals surface area contributed by atoms with E-state index in [9.17, 15) is 5.11 Å². The zero-order chi connectivity index (χ0) is 12.8. The van der Waals surface area contributed by atoms with Crippen LogP contribution >= 0.6 is 0 Å². The smallest absolute Gasteiger partial charge is 0.0621 e. The van der Waals surface area contributed by atoms with Gasteiger partial charge < -0.3 is 10.4 Å². The summed E-state index contributed by atoms with van der Waals surface area (Å²) in [6, 6.07) is 9.40. The molecule has 18 heavy (non-hydrogen) atoms. The summed E-state index contributed by atoms with van der Waals surface area (Å²) in [5.74, 6) is 0.826. The molecule has 2 N–H and O–H groups in total. The predicted octanol–water partition coefficient (Wildman–Crippen LogP) is 2.81. The third-order valence-corrected chi connectivity index (χ3v) is 4.77. The van der Waals surface area contributed by atoms with Crippen molar-refractivity contribution in [2.45, 2.75) is 57.7 Å². The van der Waals surface area contributed by atoms with Crippen LogP contribution in [0.5, 0.6) is 0 Å². The highest BCUT2D eigenvalue weighted by molar-refractivity contribution is 5.29. The minimum absolute atomic E-state index is 0.0219. The van der Waals surface area contributed by atoms with Crippen molar-refractivity contribution in [3.63, 3.8) is 0 Å². The molecule has 0 saturated heterocycles. The van der Waals surface area contributed by atoms with E-state index in [2.05, 4.69) is 43.4 Å². The standard InChI is InChI=1S/C16H23NO/c1-16(2)14(9-15(16)18)17-10-11-4-3-5-13(8-11)12-6-7-12/h3-5,8,12,14-15,17-18H,6-7,9-10H2,1-2H3. The third-order valence-electron chi connectivity index (χ3n) is 4.77. The zero-order valence-corrected chi connectivity index (χ0v) is 11.3. The monoisotopic (exact) mass is 245 g/mol. The molecule has 0 heterocycles. The first-order valence-electron chi connectivity index (χ1n) is 7.07. The number of aliphatic hydroxyl groups is 1. The Morgan fingerprint density at radius 1 is 1.33 bits per heavy atom. The van der Waals surface area contributed by atoms with E-state index in [0.29, 0.717) is 6.04 Å². The van der Waals surface area contributed by atoms with E-state index in [4.69, 9.17) is 0 Å². The molecule has 0 spiro atoms. The Morgan fingerprint density at radius 2 is 2.11 bits per heavy atom. The molecule has 2 saturated carbocycles. The van der Waals surface area contributed by atoms with Gasteiger partial charge in [0, 0.05) is 18.0 Å². The van der Waals surface area contributed by atoms with Crippen LogP contribution in [-0.2, 0) is 6.54 Å². The maximum atomic E-state index is 9.73. The van der Waals surface area contributed by atoms with Crippen molar-refractivity contribution >= 4 is 0 Å². The molecular weight excluding hydrogens is 222 g/mol. The van der Waals surface area contributed by atoms with Crippen LogP contribution in [-0.4, -0.2) is 17.3 Å². The lowest BCUT2D eigenvalue weighted by molar-refractivity contribution is -0.0729. The fraction of sp³-hybridized carbons (Fsp3) is 0.625. The summed E-state index contributed by atoms with van der Waals surface area (Å²) >= 11 is 0. The maximum absolute atomic E-state index is 9.73. The van der Waals surface area contributed by atoms with Gasteiger partial charge in [-0.05, 0) is 36.3 Å². The first-order chi connectivity index (χ1) is 8.57. The summed E-state index contributed by atoms with van der Waals surface area (Å²) in [6.07, 6.45) is 3.46. The van der Waals surface area contributed by atoms with E-state index in [1.54, 1.807) is 0 Å². The number of aliphatic hydroxyl groups excluding tert-OH is 1. The predicted molar refractivity (Wildman–Crippen MR) is 73.4 cm³/mol. The molecule has 1 aromatic rings. The van der Waals surface area contributed by atoms with E-state index in [-0.39, 0.29) is 11.5 Å². The normalized spacial score (nSPS) is 29.9. The average molecular weight is 245 g/mol. The number of benzene rings is 1. The van der Waals surface area contributed by atoms with Gasteiger partial charge in [0.2, 0.25) is 0 Å². The van der Waals surface area contributed by atoms with Crippen LogP contribution in [0.15, 0.2) is 24.3 Å². The maximum Gasteiger partial charge on any atom is 0.0621 e. The molecule has 2 heteroatoms. The second kappa shape index (κ2) is 4.36. The van der Waals surface area contributed by atoms with Gasteiger partial charge in [-0.2, -0.15) is 0 Å². The fourth-order valence-electron chi connectivity index (χ4n) is 2.86. The van der Waals surface area contributed by atoms with Gasteiger partial charge in [0.25, 0.3) is 0 Å². The molecule has 0 radical (unpaired) electrons. The first-order valence-corrected chi connectivity index (χ1v) is 7.07. The van der Waals surface area contributed by atoms with Crippen molar-refractivity contribution in [2.24, 2.45) is 5.41 Å². The lowest BCUT2D eigenvalue weighted by Gasteiger charge is -2.49. The molecular formula is C16H23NO. The van der Waals surface area contributed by atoms with Crippen LogP contribution in [0.2, 0.25) is 0 Å². The van der Waals surface area contributed by atoms with E-state index < -0.39 is 0 Å². The summed E-state index contributed by atoms with van der Waals surface area (Å²) in [7, 11) is 0. The van der Waals surface area contributed by atoms with Gasteiger partial charge in [0.1, 0.15) is 0 Å². The minimum Gasteiger partial charge on any atom is -0.392 e. The zero-order valence-electron chi connectivity index (χ0n) is 11.3. The van der Waals surface area contributed by atoms with Gasteiger partial charge in [-0.3, -0.25) is 0 Å². The van der Waals surface area contributed by atoms with E-state index in [0.717, 1.165) is 18.9 Å². The summed E-state index contributed by atoms with van der Waals surface area (Å²) in [6.45, 7) is 5.19. The number of rotatable bonds is 4. The minimum atomic E-state index is -0.146. The van der Waals surface area contributed by atoms with E-state index >= 15 is 0 Å². The molecule has 2 fully saturated rings. The molecule has 3 rings (SSSR count). The molecule has 0 bridgehead atoms. The van der Waals surface area contributed by atoms with Crippen molar-refractivity contribution in [2.75, 3.05) is 0 Å². The summed E-state index contributed by atoms with van der Waals surface area (Å²) < 4.78 is 0. The molecule has 0 aliphatic heterocycles. The van der Waals surface area contributed by atoms with Crippen LogP contribution < -0.4 is 5.32 Å². The highest BCUT2D eigenvalue weighted by Crippen LogP contribution is 2.41. The molecule has 98 valence electrons. The number of nitrogens with one attached hydrogen (secondary N) is 1. The Hall–Kier alpha value is -0.860. The van der Waals surface area contributed by atoms with Crippen molar-refractivity contribution in [1.29, 1.82) is 0 Å². The average Bonchev–Trinajstić information content (AvgIpc) is 3.19. The Morgan fingerprint density at radius 3 is 2.72 bits per heavy atom. The van der Waals surface area contributed by atoms with E-state index in [1.165, 1.54) is 24.0 Å². The van der Waals surface area contributed by atoms with Gasteiger partial charge in [-0.25, -0.2) is 0 Å². The SMILES string of the molecule is CC1(C)C(O)CC1NCc1cccc(C2CC2)c1. The largest absolute Gasteiger partial charge is 0.392 e. The van der Waals surface area contributed by atoms with Gasteiger partial charge in [0.05, 0.1) is 6.10 Å². The van der Waals surface area contributed by atoms with Gasteiger partial charge in [0.15, 0.2) is 0 Å². The van der Waals surface area contributed by atoms with Crippen LogP contribution in [0, 0.1) is 5.41 Å². The highest BCUT2D eigenvalue weighted by Gasteiger charge is 2.46. The van der Waals surface area contributed by atoms with Crippen molar-refractivity contribution in [1.82, 2.24) is 5.32 Å². The van der Waals surface area contributed by atoms with Gasteiger partial charge in [-0.1, -0.05) is 38.1 Å². The third kappa shape index (κ3) is 2.19. The molecule has 0 aromatic heterocycles. The lowest BCUT2D eigenvalue weighted by atomic mass is 9.64. The van der Waals surface area contributed by atoms with Crippen LogP contribution in [0.4, 0.5) is 0 Å². The Bertz CT molecular complexity index is 436. The van der Waals surface area contributed by atoms with Crippen LogP contribution in [0.1, 0.15) is 50.2 Å². The fourth-order valence-corrected chi connectivity index (χ4v) is 2.86. The topological polar surface area (TPSA) is 32.3 Å². The van der Waals surface area contributed by atoms with E-state index in [1.807, 2.05) is 0 Å². The van der Waals surface area contributed by atoms with Crippen molar-refractivity contribution < 1.29 is 5.11 Å². The Balaban J connectivity index is 1.58. The van der Waals surface area contributed by atoms with Crippen molar-refractivity contribution in [3.05, 3.63) is 35.4 Å². The first kappa shape index (κ1) is 12.2. The van der Waals surface area contributed by atoms with Gasteiger partial charge in [-0.15, -0.1) is 0 Å². The Labute approximate surface area is 109 Å². The molecule has 0 amide bonds. The number of hydrogen-bond donors (Lipinski definition) is 2. The number of hydrogen-bond acceptors (Lipinski definition) is 2. The van der Waals surface area contributed by atoms with Crippen LogP contribution in [0.3, 0.4) is 0 Å². The summed E-state index contributed by atoms with van der Waals surface area (Å²) in [5, 5.41) is 13.3. The summed E-state index contributed by atoms with van der Waals surface area (Å²) in [4.78, 5) is 0.